The number of rotatable bonds is 5. The zero-order chi connectivity index (χ0) is 18.6. The number of nitrogens with one attached hydrogen (secondary N) is 1. The number of nitrogens with zero attached hydrogens (tertiary/aromatic N) is 2. The van der Waals surface area contributed by atoms with Gasteiger partial charge in [-0.2, -0.15) is 0 Å². The van der Waals surface area contributed by atoms with Gasteiger partial charge in [0.25, 0.3) is 0 Å². The van der Waals surface area contributed by atoms with Gasteiger partial charge in [-0.15, -0.1) is 11.3 Å². The van der Waals surface area contributed by atoms with Crippen LogP contribution in [0.4, 0.5) is 0 Å². The Labute approximate surface area is 161 Å². The first-order valence-corrected chi connectivity index (χ1v) is 9.71. The lowest BCUT2D eigenvalue weighted by Crippen LogP contribution is -2.28. The van der Waals surface area contributed by atoms with Crippen molar-refractivity contribution in [2.75, 3.05) is 0 Å². The Morgan fingerprint density at radius 2 is 1.89 bits per heavy atom. The molecule has 2 aromatic carbocycles. The van der Waals surface area contributed by atoms with Crippen molar-refractivity contribution in [2.45, 2.75) is 19.4 Å². The maximum absolute atomic E-state index is 12.5. The highest BCUT2D eigenvalue weighted by molar-refractivity contribution is 7.13. The van der Waals surface area contributed by atoms with E-state index in [1.165, 1.54) is 22.1 Å². The van der Waals surface area contributed by atoms with Crippen LogP contribution in [0.3, 0.4) is 0 Å². The molecule has 2 aromatic heterocycles. The number of carbonyl (C=O) groups is 1. The standard InChI is InChI=1S/C22H19N3OS/c1-15(18-10-6-8-16-7-2-3-9-19(16)18)24-21(26)13-17-14-27-22(25-17)20-11-4-5-12-23-20/h2-12,14-15H,13H2,1H3,(H,24,26)/t15-/m1/s1. The predicted molar refractivity (Wildman–Crippen MR) is 110 cm³/mol. The van der Waals surface area contributed by atoms with Gasteiger partial charge in [0.2, 0.25) is 5.91 Å². The Morgan fingerprint density at radius 3 is 2.74 bits per heavy atom. The largest absolute Gasteiger partial charge is 0.349 e. The van der Waals surface area contributed by atoms with Crippen LogP contribution in [0.5, 0.6) is 0 Å². The van der Waals surface area contributed by atoms with Gasteiger partial charge in [-0.3, -0.25) is 9.78 Å². The molecular weight excluding hydrogens is 354 g/mol. The lowest BCUT2D eigenvalue weighted by molar-refractivity contribution is -0.121. The fourth-order valence-electron chi connectivity index (χ4n) is 3.16. The van der Waals surface area contributed by atoms with Crippen LogP contribution < -0.4 is 5.32 Å². The second kappa shape index (κ2) is 7.68. The van der Waals surface area contributed by atoms with E-state index in [0.717, 1.165) is 22.0 Å². The van der Waals surface area contributed by atoms with Gasteiger partial charge in [-0.05, 0) is 35.4 Å². The molecule has 0 bridgehead atoms. The fraction of sp³-hybridized carbons (Fsp3) is 0.136. The highest BCUT2D eigenvalue weighted by atomic mass is 32.1. The van der Waals surface area contributed by atoms with Gasteiger partial charge in [-0.1, -0.05) is 48.5 Å². The first kappa shape index (κ1) is 17.4. The van der Waals surface area contributed by atoms with E-state index in [0.29, 0.717) is 0 Å². The van der Waals surface area contributed by atoms with E-state index in [4.69, 9.17) is 0 Å². The summed E-state index contributed by atoms with van der Waals surface area (Å²) in [7, 11) is 0. The molecule has 0 unspecified atom stereocenters. The van der Waals surface area contributed by atoms with Crippen molar-refractivity contribution in [1.82, 2.24) is 15.3 Å². The highest BCUT2D eigenvalue weighted by Gasteiger charge is 2.14. The normalized spacial score (nSPS) is 12.0. The second-order valence-corrected chi connectivity index (χ2v) is 7.25. The van der Waals surface area contributed by atoms with Gasteiger partial charge < -0.3 is 5.32 Å². The predicted octanol–water partition coefficient (Wildman–Crippen LogP) is 4.78. The Balaban J connectivity index is 1.46. The van der Waals surface area contributed by atoms with Crippen molar-refractivity contribution in [3.8, 4) is 10.7 Å². The van der Waals surface area contributed by atoms with Crippen molar-refractivity contribution in [1.29, 1.82) is 0 Å². The average molecular weight is 373 g/mol. The topological polar surface area (TPSA) is 54.9 Å². The van der Waals surface area contributed by atoms with Gasteiger partial charge >= 0.3 is 0 Å². The third-order valence-electron chi connectivity index (χ3n) is 4.44. The molecule has 0 aliphatic heterocycles. The molecule has 5 heteroatoms. The number of amides is 1. The summed E-state index contributed by atoms with van der Waals surface area (Å²) in [6, 6.07) is 20.1. The third-order valence-corrected chi connectivity index (χ3v) is 5.36. The van der Waals surface area contributed by atoms with Crippen LogP contribution in [-0.4, -0.2) is 15.9 Å². The number of aromatic nitrogens is 2. The summed E-state index contributed by atoms with van der Waals surface area (Å²) in [5.41, 5.74) is 2.72. The average Bonchev–Trinajstić information content (AvgIpc) is 3.16. The molecule has 0 spiro atoms. The molecule has 0 fully saturated rings. The maximum atomic E-state index is 12.5. The SMILES string of the molecule is C[C@@H](NC(=O)Cc1csc(-c2ccccn2)n1)c1cccc2ccccc12. The first-order chi connectivity index (χ1) is 13.2. The van der Waals surface area contributed by atoms with Gasteiger partial charge in [0.1, 0.15) is 5.01 Å². The number of thiazole rings is 1. The van der Waals surface area contributed by atoms with Crippen molar-refractivity contribution in [3.05, 3.63) is 83.5 Å². The lowest BCUT2D eigenvalue weighted by atomic mass is 9.99. The molecular formula is C22H19N3OS. The zero-order valence-electron chi connectivity index (χ0n) is 14.9. The summed E-state index contributed by atoms with van der Waals surface area (Å²) in [4.78, 5) is 21.4. The van der Waals surface area contributed by atoms with Crippen molar-refractivity contribution < 1.29 is 4.79 Å². The third kappa shape index (κ3) is 3.88. The monoisotopic (exact) mass is 373 g/mol. The van der Waals surface area contributed by atoms with Crippen LogP contribution in [0, 0.1) is 0 Å². The van der Waals surface area contributed by atoms with E-state index in [9.17, 15) is 4.79 Å². The van der Waals surface area contributed by atoms with Crippen LogP contribution in [0.15, 0.2) is 72.2 Å². The van der Waals surface area contributed by atoms with E-state index >= 15 is 0 Å². The van der Waals surface area contributed by atoms with Crippen LogP contribution in [0.1, 0.15) is 24.2 Å². The molecule has 0 radical (unpaired) electrons. The van der Waals surface area contributed by atoms with Crippen molar-refractivity contribution in [3.63, 3.8) is 0 Å². The number of hydrogen-bond donors (Lipinski definition) is 1. The minimum Gasteiger partial charge on any atom is -0.349 e. The minimum absolute atomic E-state index is 0.0340. The molecule has 4 nitrogen and oxygen atoms in total. The van der Waals surface area contributed by atoms with Crippen LogP contribution in [-0.2, 0) is 11.2 Å². The van der Waals surface area contributed by atoms with Gasteiger partial charge in [-0.25, -0.2) is 4.98 Å². The summed E-state index contributed by atoms with van der Waals surface area (Å²) in [6.07, 6.45) is 2.01. The summed E-state index contributed by atoms with van der Waals surface area (Å²) in [5.74, 6) is -0.0340. The van der Waals surface area contributed by atoms with E-state index in [1.807, 2.05) is 48.7 Å². The molecule has 27 heavy (non-hydrogen) atoms. The molecule has 134 valence electrons. The molecule has 0 saturated heterocycles. The van der Waals surface area contributed by atoms with Crippen molar-refractivity contribution in [2.24, 2.45) is 0 Å². The molecule has 2 heterocycles. The number of hydrogen-bond acceptors (Lipinski definition) is 4. The molecule has 4 rings (SSSR count). The smallest absolute Gasteiger partial charge is 0.226 e. The van der Waals surface area contributed by atoms with Gasteiger partial charge in [0, 0.05) is 11.6 Å². The highest BCUT2D eigenvalue weighted by Crippen LogP contribution is 2.25. The van der Waals surface area contributed by atoms with E-state index in [-0.39, 0.29) is 18.4 Å². The van der Waals surface area contributed by atoms with Gasteiger partial charge in [0.15, 0.2) is 0 Å². The number of fused-ring (bicyclic) bond motifs is 1. The Morgan fingerprint density at radius 1 is 1.07 bits per heavy atom. The van der Waals surface area contributed by atoms with E-state index in [2.05, 4.69) is 39.6 Å². The van der Waals surface area contributed by atoms with Crippen LogP contribution in [0.25, 0.3) is 21.5 Å². The van der Waals surface area contributed by atoms with Crippen LogP contribution >= 0.6 is 11.3 Å². The summed E-state index contributed by atoms with van der Waals surface area (Å²) >= 11 is 1.51. The fourth-order valence-corrected chi connectivity index (χ4v) is 3.95. The molecule has 0 aliphatic rings. The molecule has 4 aromatic rings. The summed E-state index contributed by atoms with van der Waals surface area (Å²) in [5, 5.41) is 8.19. The zero-order valence-corrected chi connectivity index (χ0v) is 15.7. The molecule has 0 aliphatic carbocycles. The quantitative estimate of drug-likeness (QED) is 0.548. The van der Waals surface area contributed by atoms with Gasteiger partial charge in [0.05, 0.1) is 23.9 Å². The Bertz CT molecular complexity index is 1070. The Hall–Kier alpha value is -3.05. The van der Waals surface area contributed by atoms with Crippen molar-refractivity contribution >= 4 is 28.0 Å². The molecule has 1 atom stereocenters. The van der Waals surface area contributed by atoms with Crippen LogP contribution in [0.2, 0.25) is 0 Å². The number of benzene rings is 2. The van der Waals surface area contributed by atoms with E-state index < -0.39 is 0 Å². The molecule has 0 saturated carbocycles. The minimum atomic E-state index is -0.0718. The lowest BCUT2D eigenvalue weighted by Gasteiger charge is -2.16. The van der Waals surface area contributed by atoms with E-state index in [1.54, 1.807) is 6.20 Å². The molecule has 1 N–H and O–H groups in total. The Kier molecular flexibility index (Phi) is 4.94. The summed E-state index contributed by atoms with van der Waals surface area (Å²) in [6.45, 7) is 2.01. The number of pyridine rings is 1. The second-order valence-electron chi connectivity index (χ2n) is 6.39. The molecule has 1 amide bonds. The first-order valence-electron chi connectivity index (χ1n) is 8.83. The maximum Gasteiger partial charge on any atom is 0.226 e. The summed E-state index contributed by atoms with van der Waals surface area (Å²) < 4.78 is 0. The number of carbonyl (C=O) groups excluding carboxylic acids is 1.